The molecule has 0 fully saturated rings. The van der Waals surface area contributed by atoms with Crippen molar-refractivity contribution in [2.24, 2.45) is 5.84 Å². The van der Waals surface area contributed by atoms with Gasteiger partial charge in [0.25, 0.3) is 5.91 Å². The summed E-state index contributed by atoms with van der Waals surface area (Å²) in [5.41, 5.74) is 4.22. The second kappa shape index (κ2) is 4.79. The minimum atomic E-state index is -0.588. The molecule has 15 heavy (non-hydrogen) atoms. The lowest BCUT2D eigenvalue weighted by Crippen LogP contribution is -2.40. The van der Waals surface area contributed by atoms with E-state index in [1.54, 1.807) is 6.92 Å². The molecule has 0 bridgehead atoms. The molecule has 0 heterocycles. The van der Waals surface area contributed by atoms with E-state index in [0.717, 1.165) is 11.1 Å². The van der Waals surface area contributed by atoms with Crippen LogP contribution in [0.2, 0.25) is 0 Å². The summed E-state index contributed by atoms with van der Waals surface area (Å²) in [6, 6.07) is 5.73. The third-order valence-electron chi connectivity index (χ3n) is 2.37. The Hall–Kier alpha value is -1.55. The molecule has 0 aliphatic rings. The van der Waals surface area contributed by atoms with Crippen molar-refractivity contribution in [1.29, 1.82) is 0 Å². The Bertz CT molecular complexity index is 364. The van der Waals surface area contributed by atoms with Gasteiger partial charge < -0.3 is 4.74 Å². The number of nitrogens with two attached hydrogens (primary N) is 1. The monoisotopic (exact) mass is 208 g/mol. The number of amides is 1. The predicted octanol–water partition coefficient (Wildman–Crippen LogP) is 1.06. The molecule has 82 valence electrons. The highest BCUT2D eigenvalue weighted by Crippen LogP contribution is 2.21. The molecular weight excluding hydrogens is 192 g/mol. The zero-order valence-electron chi connectivity index (χ0n) is 9.20. The highest BCUT2D eigenvalue weighted by Gasteiger charge is 2.14. The summed E-state index contributed by atoms with van der Waals surface area (Å²) < 4.78 is 5.49. The summed E-state index contributed by atoms with van der Waals surface area (Å²) in [5, 5.41) is 0. The minimum absolute atomic E-state index is 0.337. The third kappa shape index (κ3) is 2.70. The molecule has 1 rings (SSSR count). The zero-order chi connectivity index (χ0) is 11.4. The highest BCUT2D eigenvalue weighted by atomic mass is 16.5. The summed E-state index contributed by atoms with van der Waals surface area (Å²) in [6.45, 7) is 5.61. The van der Waals surface area contributed by atoms with Crippen molar-refractivity contribution < 1.29 is 9.53 Å². The van der Waals surface area contributed by atoms with Crippen LogP contribution in [0.5, 0.6) is 5.75 Å². The van der Waals surface area contributed by atoms with Gasteiger partial charge in [0.1, 0.15) is 5.75 Å². The number of hydrogen-bond acceptors (Lipinski definition) is 3. The average Bonchev–Trinajstić information content (AvgIpc) is 2.23. The van der Waals surface area contributed by atoms with Crippen LogP contribution < -0.4 is 16.0 Å². The van der Waals surface area contributed by atoms with Crippen LogP contribution >= 0.6 is 0 Å². The van der Waals surface area contributed by atoms with E-state index in [0.29, 0.717) is 5.75 Å². The first-order chi connectivity index (χ1) is 7.06. The third-order valence-corrected chi connectivity index (χ3v) is 2.37. The molecule has 3 N–H and O–H groups in total. The van der Waals surface area contributed by atoms with Crippen LogP contribution in [-0.4, -0.2) is 12.0 Å². The molecule has 0 saturated heterocycles. The molecular formula is C11H16N2O2. The minimum Gasteiger partial charge on any atom is -0.481 e. The number of hydrogen-bond donors (Lipinski definition) is 2. The van der Waals surface area contributed by atoms with Gasteiger partial charge in [0.2, 0.25) is 0 Å². The number of carbonyl (C=O) groups is 1. The summed E-state index contributed by atoms with van der Waals surface area (Å²) >= 11 is 0. The Morgan fingerprint density at radius 1 is 1.47 bits per heavy atom. The normalized spacial score (nSPS) is 12.0. The van der Waals surface area contributed by atoms with Gasteiger partial charge in [-0.1, -0.05) is 12.1 Å². The second-order valence-corrected chi connectivity index (χ2v) is 3.47. The van der Waals surface area contributed by atoms with Gasteiger partial charge >= 0.3 is 0 Å². The van der Waals surface area contributed by atoms with Crippen LogP contribution in [-0.2, 0) is 4.79 Å². The van der Waals surface area contributed by atoms with Crippen molar-refractivity contribution in [1.82, 2.24) is 5.43 Å². The van der Waals surface area contributed by atoms with Crippen molar-refractivity contribution in [3.63, 3.8) is 0 Å². The van der Waals surface area contributed by atoms with Crippen molar-refractivity contribution in [2.45, 2.75) is 26.9 Å². The number of nitrogens with one attached hydrogen (secondary N) is 1. The van der Waals surface area contributed by atoms with Gasteiger partial charge in [-0.3, -0.25) is 10.2 Å². The van der Waals surface area contributed by atoms with Crippen molar-refractivity contribution in [3.05, 3.63) is 29.3 Å². The maximum Gasteiger partial charge on any atom is 0.274 e. The summed E-state index contributed by atoms with van der Waals surface area (Å²) in [4.78, 5) is 11.2. The average molecular weight is 208 g/mol. The van der Waals surface area contributed by atoms with Crippen LogP contribution in [0, 0.1) is 13.8 Å². The quantitative estimate of drug-likeness (QED) is 0.443. The van der Waals surface area contributed by atoms with E-state index in [9.17, 15) is 4.79 Å². The summed E-state index contributed by atoms with van der Waals surface area (Å²) in [5.74, 6) is 5.39. The van der Waals surface area contributed by atoms with Crippen molar-refractivity contribution in [3.8, 4) is 5.75 Å². The van der Waals surface area contributed by atoms with Gasteiger partial charge in [0, 0.05) is 0 Å². The molecule has 0 spiro atoms. The number of rotatable bonds is 3. The van der Waals surface area contributed by atoms with Gasteiger partial charge in [-0.2, -0.15) is 0 Å². The largest absolute Gasteiger partial charge is 0.481 e. The molecule has 0 saturated carbocycles. The molecule has 1 atom stereocenters. The first kappa shape index (κ1) is 11.5. The molecule has 1 aromatic carbocycles. The number of ether oxygens (including phenoxy) is 1. The zero-order valence-corrected chi connectivity index (χ0v) is 9.20. The predicted molar refractivity (Wildman–Crippen MR) is 58.3 cm³/mol. The fourth-order valence-electron chi connectivity index (χ4n) is 1.21. The van der Waals surface area contributed by atoms with Crippen LogP contribution in [0.4, 0.5) is 0 Å². The Morgan fingerprint density at radius 3 is 2.73 bits per heavy atom. The van der Waals surface area contributed by atoms with E-state index in [1.165, 1.54) is 0 Å². The lowest BCUT2D eigenvalue weighted by atomic mass is 10.1. The number of hydrazine groups is 1. The van der Waals surface area contributed by atoms with E-state index in [1.807, 2.05) is 32.0 Å². The van der Waals surface area contributed by atoms with Crippen LogP contribution in [0.15, 0.2) is 18.2 Å². The van der Waals surface area contributed by atoms with Crippen LogP contribution in [0.3, 0.4) is 0 Å². The first-order valence-electron chi connectivity index (χ1n) is 4.79. The van der Waals surface area contributed by atoms with Crippen LogP contribution in [0.25, 0.3) is 0 Å². The fourth-order valence-corrected chi connectivity index (χ4v) is 1.21. The molecule has 0 aromatic heterocycles. The molecule has 4 nitrogen and oxygen atoms in total. The Kier molecular flexibility index (Phi) is 3.68. The van der Waals surface area contributed by atoms with E-state index >= 15 is 0 Å². The van der Waals surface area contributed by atoms with Crippen molar-refractivity contribution in [2.75, 3.05) is 0 Å². The number of aryl methyl sites for hydroxylation is 1. The maximum absolute atomic E-state index is 11.2. The molecule has 4 heteroatoms. The van der Waals surface area contributed by atoms with Gasteiger partial charge in [-0.05, 0) is 38.0 Å². The van der Waals surface area contributed by atoms with E-state index in [4.69, 9.17) is 10.6 Å². The smallest absolute Gasteiger partial charge is 0.274 e. The van der Waals surface area contributed by atoms with Gasteiger partial charge in [-0.15, -0.1) is 0 Å². The summed E-state index contributed by atoms with van der Waals surface area (Å²) in [7, 11) is 0. The molecule has 0 radical (unpaired) electrons. The maximum atomic E-state index is 11.2. The van der Waals surface area contributed by atoms with E-state index < -0.39 is 6.10 Å². The summed E-state index contributed by atoms with van der Waals surface area (Å²) in [6.07, 6.45) is -0.588. The lowest BCUT2D eigenvalue weighted by Gasteiger charge is -2.15. The molecule has 0 aliphatic heterocycles. The standard InChI is InChI=1S/C11H16N2O2/c1-7-5-4-6-10(8(7)2)15-9(3)11(14)13-12/h4-6,9H,12H2,1-3H3,(H,13,14)/t9-/m0/s1. The molecule has 0 aliphatic carbocycles. The fraction of sp³-hybridized carbons (Fsp3) is 0.364. The molecule has 1 amide bonds. The molecule has 0 unspecified atom stereocenters. The lowest BCUT2D eigenvalue weighted by molar-refractivity contribution is -0.127. The Labute approximate surface area is 89.4 Å². The second-order valence-electron chi connectivity index (χ2n) is 3.47. The number of carbonyl (C=O) groups excluding carboxylic acids is 1. The van der Waals surface area contributed by atoms with E-state index in [2.05, 4.69) is 5.43 Å². The molecule has 1 aromatic rings. The number of benzene rings is 1. The Balaban J connectivity index is 2.81. The SMILES string of the molecule is Cc1cccc(O[C@@H](C)C(=O)NN)c1C. The van der Waals surface area contributed by atoms with Crippen molar-refractivity contribution >= 4 is 5.91 Å². The first-order valence-corrected chi connectivity index (χ1v) is 4.79. The topological polar surface area (TPSA) is 64.3 Å². The Morgan fingerprint density at radius 2 is 2.13 bits per heavy atom. The van der Waals surface area contributed by atoms with E-state index in [-0.39, 0.29) is 5.91 Å². The van der Waals surface area contributed by atoms with Gasteiger partial charge in [0.05, 0.1) is 0 Å². The van der Waals surface area contributed by atoms with Gasteiger partial charge in [0.15, 0.2) is 6.10 Å². The van der Waals surface area contributed by atoms with Gasteiger partial charge in [-0.25, -0.2) is 5.84 Å². The van der Waals surface area contributed by atoms with Crippen LogP contribution in [0.1, 0.15) is 18.1 Å². The highest BCUT2D eigenvalue weighted by molar-refractivity contribution is 5.80.